The highest BCUT2D eigenvalue weighted by Gasteiger charge is 2.21. The highest BCUT2D eigenvalue weighted by atomic mass is 16.5. The topological polar surface area (TPSA) is 93.3 Å². The predicted molar refractivity (Wildman–Crippen MR) is 105 cm³/mol. The van der Waals surface area contributed by atoms with E-state index in [4.69, 9.17) is 9.47 Å². The van der Waals surface area contributed by atoms with Crippen molar-refractivity contribution in [2.75, 3.05) is 7.11 Å². The summed E-state index contributed by atoms with van der Waals surface area (Å²) >= 11 is 0. The first kappa shape index (κ1) is 19.4. The molecule has 0 aliphatic heterocycles. The van der Waals surface area contributed by atoms with E-state index in [1.807, 2.05) is 12.1 Å². The fourth-order valence-electron chi connectivity index (χ4n) is 2.88. The average molecular weight is 381 g/mol. The molecule has 0 aliphatic rings. The third kappa shape index (κ3) is 4.68. The number of methoxy groups -OCH3 is 1. The van der Waals surface area contributed by atoms with Gasteiger partial charge in [-0.2, -0.15) is 0 Å². The first-order valence-electron chi connectivity index (χ1n) is 9.03. The van der Waals surface area contributed by atoms with E-state index >= 15 is 0 Å². The number of nitrogens with zero attached hydrogens (tertiary/aromatic N) is 1. The number of benzene rings is 2. The van der Waals surface area contributed by atoms with Gasteiger partial charge in [-0.25, -0.2) is 4.98 Å². The van der Waals surface area contributed by atoms with E-state index in [0.29, 0.717) is 11.3 Å². The summed E-state index contributed by atoms with van der Waals surface area (Å²) < 4.78 is 10.4. The summed E-state index contributed by atoms with van der Waals surface area (Å²) in [6.07, 6.45) is 1.39. The molecule has 3 rings (SSSR count). The van der Waals surface area contributed by atoms with E-state index in [1.165, 1.54) is 0 Å². The summed E-state index contributed by atoms with van der Waals surface area (Å²) in [5.41, 5.74) is 2.82. The lowest BCUT2D eigenvalue weighted by Crippen LogP contribution is -2.31. The molecule has 0 saturated heterocycles. The van der Waals surface area contributed by atoms with Crippen LogP contribution in [0.15, 0.2) is 48.8 Å². The second-order valence-corrected chi connectivity index (χ2v) is 6.68. The number of carbonyl (C=O) groups excluding carboxylic acids is 2. The van der Waals surface area contributed by atoms with Crippen LogP contribution in [0.1, 0.15) is 42.2 Å². The second kappa shape index (κ2) is 8.56. The van der Waals surface area contributed by atoms with Crippen LogP contribution in [0, 0.1) is 0 Å². The molecule has 0 spiro atoms. The lowest BCUT2D eigenvalue weighted by molar-refractivity contribution is -0.147. The smallest absolute Gasteiger partial charge is 0.308 e. The summed E-state index contributed by atoms with van der Waals surface area (Å²) in [4.78, 5) is 32.1. The number of aromatic nitrogens is 2. The maximum atomic E-state index is 12.8. The minimum absolute atomic E-state index is 0.0303. The molecule has 0 saturated carbocycles. The first-order valence-corrected chi connectivity index (χ1v) is 9.03. The van der Waals surface area contributed by atoms with Crippen LogP contribution in [0.25, 0.3) is 11.0 Å². The summed E-state index contributed by atoms with van der Waals surface area (Å²) in [5.74, 6) is 0.0399. The maximum absolute atomic E-state index is 12.8. The highest BCUT2D eigenvalue weighted by molar-refractivity contribution is 5.97. The predicted octanol–water partition coefficient (Wildman–Crippen LogP) is 3.38. The molecular formula is C21H23N3O4. The van der Waals surface area contributed by atoms with E-state index in [2.05, 4.69) is 15.3 Å². The quantitative estimate of drug-likeness (QED) is 0.612. The van der Waals surface area contributed by atoms with E-state index in [0.717, 1.165) is 16.6 Å². The number of ether oxygens (including phenoxy) is 2. The van der Waals surface area contributed by atoms with E-state index in [9.17, 15) is 9.59 Å². The molecular weight excluding hydrogens is 358 g/mol. The molecule has 1 heterocycles. The van der Waals surface area contributed by atoms with Crippen molar-refractivity contribution in [3.05, 3.63) is 59.9 Å². The van der Waals surface area contributed by atoms with E-state index in [-0.39, 0.29) is 24.4 Å². The fraction of sp³-hybridized carbons (Fsp3) is 0.286. The van der Waals surface area contributed by atoms with Gasteiger partial charge in [-0.05, 0) is 49.7 Å². The van der Waals surface area contributed by atoms with Crippen molar-refractivity contribution < 1.29 is 19.1 Å². The zero-order valence-corrected chi connectivity index (χ0v) is 16.1. The van der Waals surface area contributed by atoms with Gasteiger partial charge in [0.05, 0.1) is 43.0 Å². The first-order chi connectivity index (χ1) is 13.5. The Morgan fingerprint density at radius 2 is 1.89 bits per heavy atom. The molecule has 0 bridgehead atoms. The number of nitrogens with one attached hydrogen (secondary N) is 2. The molecule has 28 heavy (non-hydrogen) atoms. The molecule has 0 aliphatic carbocycles. The molecule has 7 heteroatoms. The summed E-state index contributed by atoms with van der Waals surface area (Å²) in [6.45, 7) is 3.58. The lowest BCUT2D eigenvalue weighted by atomic mass is 10.0. The number of fused-ring (bicyclic) bond motifs is 1. The molecule has 2 aromatic carbocycles. The van der Waals surface area contributed by atoms with Crippen molar-refractivity contribution >= 4 is 22.9 Å². The molecule has 0 radical (unpaired) electrons. The Kier molecular flexibility index (Phi) is 5.93. The van der Waals surface area contributed by atoms with Crippen molar-refractivity contribution in [1.29, 1.82) is 0 Å². The minimum atomic E-state index is -0.526. The van der Waals surface area contributed by atoms with E-state index < -0.39 is 6.04 Å². The Labute approximate surface area is 163 Å². The summed E-state index contributed by atoms with van der Waals surface area (Å²) in [6, 6.07) is 11.9. The van der Waals surface area contributed by atoms with Crippen LogP contribution >= 0.6 is 0 Å². The van der Waals surface area contributed by atoms with Gasteiger partial charge in [0.25, 0.3) is 5.91 Å². The summed E-state index contributed by atoms with van der Waals surface area (Å²) in [7, 11) is 1.58. The Morgan fingerprint density at radius 1 is 1.14 bits per heavy atom. The molecule has 1 amide bonds. The molecule has 7 nitrogen and oxygen atoms in total. The highest BCUT2D eigenvalue weighted by Crippen LogP contribution is 2.22. The van der Waals surface area contributed by atoms with Crippen LogP contribution in [0.4, 0.5) is 0 Å². The Balaban J connectivity index is 1.81. The molecule has 3 aromatic rings. The number of amides is 1. The zero-order valence-electron chi connectivity index (χ0n) is 16.1. The number of aromatic amines is 1. The average Bonchev–Trinajstić information content (AvgIpc) is 3.14. The van der Waals surface area contributed by atoms with Crippen LogP contribution in [0.5, 0.6) is 5.75 Å². The van der Waals surface area contributed by atoms with Gasteiger partial charge >= 0.3 is 5.97 Å². The normalized spacial score (nSPS) is 12.0. The van der Waals surface area contributed by atoms with Crippen molar-refractivity contribution in [3.63, 3.8) is 0 Å². The van der Waals surface area contributed by atoms with Crippen molar-refractivity contribution in [2.24, 2.45) is 0 Å². The Bertz CT molecular complexity index is 963. The fourth-order valence-corrected chi connectivity index (χ4v) is 2.88. The number of carbonyl (C=O) groups is 2. The number of esters is 1. The number of rotatable bonds is 7. The minimum Gasteiger partial charge on any atom is -0.497 e. The van der Waals surface area contributed by atoms with Crippen LogP contribution in [0.2, 0.25) is 0 Å². The van der Waals surface area contributed by atoms with Gasteiger partial charge in [0.1, 0.15) is 5.75 Å². The largest absolute Gasteiger partial charge is 0.497 e. The molecule has 0 fully saturated rings. The van der Waals surface area contributed by atoms with Gasteiger partial charge in [-0.1, -0.05) is 12.1 Å². The van der Waals surface area contributed by atoms with Gasteiger partial charge in [0.2, 0.25) is 0 Å². The molecule has 146 valence electrons. The zero-order chi connectivity index (χ0) is 20.1. The van der Waals surface area contributed by atoms with Crippen LogP contribution < -0.4 is 10.1 Å². The SMILES string of the molecule is COc1ccc([C@@H](CC(=O)OC(C)C)NC(=O)c2ccc3nc[nH]c3c2)cc1. The summed E-state index contributed by atoms with van der Waals surface area (Å²) in [5, 5.41) is 2.93. The number of hydrogen-bond acceptors (Lipinski definition) is 5. The number of hydrogen-bond donors (Lipinski definition) is 2. The lowest BCUT2D eigenvalue weighted by Gasteiger charge is -2.20. The van der Waals surface area contributed by atoms with Crippen LogP contribution in [0.3, 0.4) is 0 Å². The van der Waals surface area contributed by atoms with Crippen molar-refractivity contribution in [1.82, 2.24) is 15.3 Å². The third-order valence-corrected chi connectivity index (χ3v) is 4.24. The standard InChI is InChI=1S/C21H23N3O4/c1-13(2)28-20(25)11-18(14-4-7-16(27-3)8-5-14)24-21(26)15-6-9-17-19(10-15)23-12-22-17/h4-10,12-13,18H,11H2,1-3H3,(H,22,23)(H,24,26)/t18-/m1/s1. The number of H-pyrrole nitrogens is 1. The Hall–Kier alpha value is -3.35. The molecule has 2 N–H and O–H groups in total. The number of imidazole rings is 1. The van der Waals surface area contributed by atoms with Gasteiger partial charge in [-0.3, -0.25) is 9.59 Å². The maximum Gasteiger partial charge on any atom is 0.308 e. The molecule has 0 unspecified atom stereocenters. The Morgan fingerprint density at radius 3 is 2.57 bits per heavy atom. The van der Waals surface area contributed by atoms with Crippen molar-refractivity contribution in [2.45, 2.75) is 32.4 Å². The van der Waals surface area contributed by atoms with Crippen molar-refractivity contribution in [3.8, 4) is 5.75 Å². The van der Waals surface area contributed by atoms with Crippen LogP contribution in [-0.2, 0) is 9.53 Å². The van der Waals surface area contributed by atoms with Gasteiger partial charge in [0, 0.05) is 5.56 Å². The second-order valence-electron chi connectivity index (χ2n) is 6.68. The van der Waals surface area contributed by atoms with Gasteiger partial charge in [-0.15, -0.1) is 0 Å². The van der Waals surface area contributed by atoms with E-state index in [1.54, 1.807) is 57.6 Å². The monoisotopic (exact) mass is 381 g/mol. The van der Waals surface area contributed by atoms with Gasteiger partial charge in [0.15, 0.2) is 0 Å². The van der Waals surface area contributed by atoms with Crippen LogP contribution in [-0.4, -0.2) is 35.1 Å². The third-order valence-electron chi connectivity index (χ3n) is 4.24. The molecule has 1 aromatic heterocycles. The molecule has 1 atom stereocenters. The van der Waals surface area contributed by atoms with Gasteiger partial charge < -0.3 is 19.8 Å².